The molecule has 3 aliphatic carbocycles. The number of aliphatic imine (C=N–C) groups is 1. The van der Waals surface area contributed by atoms with E-state index in [0.717, 1.165) is 11.1 Å². The molecule has 0 atom stereocenters. The van der Waals surface area contributed by atoms with Crippen LogP contribution in [-0.2, 0) is 4.74 Å². The smallest absolute Gasteiger partial charge is 0.0627 e. The van der Waals surface area contributed by atoms with Crippen LogP contribution < -0.4 is 5.73 Å². The van der Waals surface area contributed by atoms with Gasteiger partial charge in [0, 0.05) is 24.9 Å². The molecule has 3 fully saturated rings. The molecule has 78 valence electrons. The third-order valence-electron chi connectivity index (χ3n) is 3.18. The van der Waals surface area contributed by atoms with Crippen molar-refractivity contribution >= 4 is 22.1 Å². The minimum Gasteiger partial charge on any atom is -0.404 e. The molecule has 14 heavy (non-hydrogen) atoms. The summed E-state index contributed by atoms with van der Waals surface area (Å²) in [5, 5.41) is 0. The second kappa shape index (κ2) is 3.35. The Hall–Kier alpha value is -0.350. The predicted octanol–water partition coefficient (Wildman–Crippen LogP) is 1.82. The van der Waals surface area contributed by atoms with Crippen LogP contribution in [0, 0.1) is 5.41 Å². The minimum atomic E-state index is 0.223. The molecule has 4 heteroatoms. The van der Waals surface area contributed by atoms with Crippen molar-refractivity contribution in [3.8, 4) is 0 Å². The fraction of sp³-hybridized carbons (Fsp3) is 0.700. The number of ether oxygens (including phenoxy) is 1. The summed E-state index contributed by atoms with van der Waals surface area (Å²) in [6.45, 7) is 0.887. The fourth-order valence-corrected chi connectivity index (χ4v) is 2.88. The Bertz CT molecular complexity index is 279. The van der Waals surface area contributed by atoms with Crippen molar-refractivity contribution in [3.63, 3.8) is 0 Å². The first-order valence-corrected chi connectivity index (χ1v) is 5.55. The van der Waals surface area contributed by atoms with Crippen LogP contribution in [0.3, 0.4) is 0 Å². The molecule has 2 N–H and O–H groups in total. The number of nitrogens with zero attached hydrogens (tertiary/aromatic N) is 1. The van der Waals surface area contributed by atoms with Crippen molar-refractivity contribution in [3.05, 3.63) is 10.7 Å². The molecule has 3 nitrogen and oxygen atoms in total. The molecular formula is C10H15BrN2O. The fourth-order valence-electron chi connectivity index (χ4n) is 2.78. The normalized spacial score (nSPS) is 40.9. The van der Waals surface area contributed by atoms with E-state index in [1.165, 1.54) is 25.5 Å². The Labute approximate surface area is 92.5 Å². The zero-order valence-corrected chi connectivity index (χ0v) is 9.88. The van der Waals surface area contributed by atoms with Crippen molar-refractivity contribution < 1.29 is 4.74 Å². The Morgan fingerprint density at radius 3 is 2.71 bits per heavy atom. The van der Waals surface area contributed by atoms with E-state index in [-0.39, 0.29) is 5.54 Å². The van der Waals surface area contributed by atoms with Crippen LogP contribution in [0.2, 0.25) is 0 Å². The lowest BCUT2D eigenvalue weighted by Crippen LogP contribution is -2.67. The summed E-state index contributed by atoms with van der Waals surface area (Å²) < 4.78 is 6.04. The second-order valence-corrected chi connectivity index (χ2v) is 5.41. The van der Waals surface area contributed by atoms with E-state index in [4.69, 9.17) is 10.5 Å². The van der Waals surface area contributed by atoms with Gasteiger partial charge in [-0.15, -0.1) is 0 Å². The van der Waals surface area contributed by atoms with Crippen LogP contribution in [0.4, 0.5) is 0 Å². The van der Waals surface area contributed by atoms with E-state index in [1.54, 1.807) is 7.11 Å². The molecule has 3 aliphatic rings. The summed E-state index contributed by atoms with van der Waals surface area (Å²) in [5.74, 6) is 0. The first-order valence-electron chi connectivity index (χ1n) is 4.75. The van der Waals surface area contributed by atoms with E-state index < -0.39 is 0 Å². The highest BCUT2D eigenvalue weighted by Crippen LogP contribution is 2.69. The van der Waals surface area contributed by atoms with Gasteiger partial charge < -0.3 is 10.5 Å². The van der Waals surface area contributed by atoms with Gasteiger partial charge in [-0.3, -0.25) is 4.99 Å². The highest BCUT2D eigenvalue weighted by atomic mass is 79.9. The standard InChI is InChI=1S/C10H15BrN2O/c1-14-7-9-4-10(5-9,6-9)13-3-8(11)2-12/h2-3H,4-7,12H2,1H3. The molecule has 0 unspecified atom stereocenters. The molecule has 0 radical (unpaired) electrons. The van der Waals surface area contributed by atoms with Crippen molar-refractivity contribution in [1.82, 2.24) is 0 Å². The number of nitrogens with two attached hydrogens (primary N) is 1. The number of hydrogen-bond donors (Lipinski definition) is 1. The van der Waals surface area contributed by atoms with Gasteiger partial charge in [-0.1, -0.05) is 0 Å². The SMILES string of the molecule is COCC12CC(N=CC(Br)=CN)(C1)C2. The van der Waals surface area contributed by atoms with E-state index in [2.05, 4.69) is 20.9 Å². The summed E-state index contributed by atoms with van der Waals surface area (Å²) in [6, 6.07) is 0. The summed E-state index contributed by atoms with van der Waals surface area (Å²) in [5.41, 5.74) is 6.01. The molecule has 3 rings (SSSR count). The van der Waals surface area contributed by atoms with E-state index in [0.29, 0.717) is 5.41 Å². The van der Waals surface area contributed by atoms with Gasteiger partial charge in [-0.05, 0) is 35.2 Å². The molecular weight excluding hydrogens is 244 g/mol. The average Bonchev–Trinajstić information content (AvgIpc) is 2.06. The molecule has 3 saturated carbocycles. The molecule has 0 heterocycles. The topological polar surface area (TPSA) is 47.6 Å². The minimum absolute atomic E-state index is 0.223. The Kier molecular flexibility index (Phi) is 2.43. The van der Waals surface area contributed by atoms with E-state index in [9.17, 15) is 0 Å². The zero-order valence-electron chi connectivity index (χ0n) is 8.29. The maximum Gasteiger partial charge on any atom is 0.0627 e. The van der Waals surface area contributed by atoms with Gasteiger partial charge in [0.05, 0.1) is 16.6 Å². The van der Waals surface area contributed by atoms with Gasteiger partial charge in [0.15, 0.2) is 0 Å². The summed E-state index contributed by atoms with van der Waals surface area (Å²) in [7, 11) is 1.77. The number of allylic oxidation sites excluding steroid dienone is 1. The van der Waals surface area contributed by atoms with Gasteiger partial charge in [0.25, 0.3) is 0 Å². The van der Waals surface area contributed by atoms with Gasteiger partial charge in [-0.25, -0.2) is 0 Å². The zero-order chi connectivity index (χ0) is 10.2. The Morgan fingerprint density at radius 1 is 1.57 bits per heavy atom. The third-order valence-corrected chi connectivity index (χ3v) is 3.65. The maximum atomic E-state index is 5.33. The average molecular weight is 259 g/mol. The number of hydrogen-bond acceptors (Lipinski definition) is 3. The summed E-state index contributed by atoms with van der Waals surface area (Å²) in [4.78, 5) is 4.55. The van der Waals surface area contributed by atoms with Crippen LogP contribution in [0.5, 0.6) is 0 Å². The van der Waals surface area contributed by atoms with Crippen LogP contribution in [0.1, 0.15) is 19.3 Å². The Balaban J connectivity index is 1.86. The van der Waals surface area contributed by atoms with Crippen molar-refractivity contribution in [1.29, 1.82) is 0 Å². The maximum absolute atomic E-state index is 5.33. The molecule has 0 aromatic rings. The molecule has 2 bridgehead atoms. The molecule has 0 saturated heterocycles. The number of methoxy groups -OCH3 is 1. The van der Waals surface area contributed by atoms with Gasteiger partial charge in [-0.2, -0.15) is 0 Å². The van der Waals surface area contributed by atoms with Gasteiger partial charge in [0.2, 0.25) is 0 Å². The highest BCUT2D eigenvalue weighted by molar-refractivity contribution is 9.12. The van der Waals surface area contributed by atoms with Crippen LogP contribution in [-0.4, -0.2) is 25.5 Å². The van der Waals surface area contributed by atoms with Crippen LogP contribution in [0.25, 0.3) is 0 Å². The van der Waals surface area contributed by atoms with Crippen molar-refractivity contribution in [2.75, 3.05) is 13.7 Å². The predicted molar refractivity (Wildman–Crippen MR) is 60.6 cm³/mol. The van der Waals surface area contributed by atoms with E-state index >= 15 is 0 Å². The van der Waals surface area contributed by atoms with Gasteiger partial charge >= 0.3 is 0 Å². The number of rotatable bonds is 4. The van der Waals surface area contributed by atoms with Crippen LogP contribution >= 0.6 is 15.9 Å². The van der Waals surface area contributed by atoms with Crippen molar-refractivity contribution in [2.24, 2.45) is 16.1 Å². The first kappa shape index (κ1) is 10.2. The monoisotopic (exact) mass is 258 g/mol. The molecule has 0 aliphatic heterocycles. The lowest BCUT2D eigenvalue weighted by molar-refractivity contribution is -0.163. The first-order chi connectivity index (χ1) is 6.64. The largest absolute Gasteiger partial charge is 0.404 e. The molecule has 0 spiro atoms. The highest BCUT2D eigenvalue weighted by Gasteiger charge is 2.67. The summed E-state index contributed by atoms with van der Waals surface area (Å²) >= 11 is 3.31. The lowest BCUT2D eigenvalue weighted by atomic mass is 9.40. The van der Waals surface area contributed by atoms with Crippen molar-refractivity contribution in [2.45, 2.75) is 24.8 Å². The van der Waals surface area contributed by atoms with Gasteiger partial charge in [0.1, 0.15) is 0 Å². The molecule has 0 aromatic carbocycles. The summed E-state index contributed by atoms with van der Waals surface area (Å²) in [6.07, 6.45) is 6.86. The molecule has 0 aromatic heterocycles. The Morgan fingerprint density at radius 2 is 2.21 bits per heavy atom. The lowest BCUT2D eigenvalue weighted by Gasteiger charge is -2.68. The van der Waals surface area contributed by atoms with E-state index in [1.807, 2.05) is 6.21 Å². The third kappa shape index (κ3) is 1.50. The van der Waals surface area contributed by atoms with Crippen LogP contribution in [0.15, 0.2) is 15.7 Å². The number of halogens is 1. The quantitative estimate of drug-likeness (QED) is 0.783. The second-order valence-electron chi connectivity index (χ2n) is 4.50. The molecule has 0 amide bonds.